The van der Waals surface area contributed by atoms with Crippen LogP contribution in [0.1, 0.15) is 36.4 Å². The molecule has 0 bridgehead atoms. The Bertz CT molecular complexity index is 1050. The summed E-state index contributed by atoms with van der Waals surface area (Å²) in [4.78, 5) is 55.5. The van der Waals surface area contributed by atoms with Gasteiger partial charge >= 0.3 is 12.0 Å². The topological polar surface area (TPSA) is 118 Å². The number of aromatic nitrogens is 1. The number of ether oxygens (including phenoxy) is 1. The summed E-state index contributed by atoms with van der Waals surface area (Å²) in [6.07, 6.45) is 1.75. The molecule has 9 nitrogen and oxygen atoms in total. The van der Waals surface area contributed by atoms with Crippen LogP contribution in [0, 0.1) is 5.92 Å². The molecular formula is C21H22N4O5S. The number of imide groups is 1. The van der Waals surface area contributed by atoms with Gasteiger partial charge in [0.25, 0.3) is 5.91 Å². The standard InChI is InChI=1S/C21H22N4O5S/c1-3-30-17(27)16-15(12-7-5-4-6-8-12)23-19(31-16)22-14(26)11-25-18(28)21(2,13-9-10-13)24-20(25)29/h4-8,13H,3,9-11H2,1-2H3,(H,24,29)(H,22,23,26). The van der Waals surface area contributed by atoms with Crippen LogP contribution in [0.4, 0.5) is 9.93 Å². The monoisotopic (exact) mass is 442 g/mol. The maximum atomic E-state index is 12.7. The number of hydrogen-bond acceptors (Lipinski definition) is 7. The highest BCUT2D eigenvalue weighted by atomic mass is 32.1. The summed E-state index contributed by atoms with van der Waals surface area (Å²) in [5, 5.41) is 5.49. The first-order valence-corrected chi connectivity index (χ1v) is 10.8. The van der Waals surface area contributed by atoms with E-state index in [0.29, 0.717) is 11.3 Å². The van der Waals surface area contributed by atoms with Crippen molar-refractivity contribution in [2.45, 2.75) is 32.2 Å². The number of urea groups is 1. The zero-order chi connectivity index (χ0) is 22.2. The molecule has 1 saturated carbocycles. The van der Waals surface area contributed by atoms with E-state index in [9.17, 15) is 19.2 Å². The van der Waals surface area contributed by atoms with E-state index in [1.165, 1.54) is 0 Å². The Kier molecular flexibility index (Phi) is 5.48. The molecule has 10 heteroatoms. The summed E-state index contributed by atoms with van der Waals surface area (Å²) < 4.78 is 5.11. The molecule has 1 aromatic carbocycles. The number of nitrogens with zero attached hydrogens (tertiary/aromatic N) is 2. The number of nitrogens with one attached hydrogen (secondary N) is 2. The minimum absolute atomic E-state index is 0.108. The van der Waals surface area contributed by atoms with Crippen LogP contribution in [-0.2, 0) is 14.3 Å². The Balaban J connectivity index is 1.51. The third-order valence-corrected chi connectivity index (χ3v) is 6.33. The highest BCUT2D eigenvalue weighted by Gasteiger charge is 2.56. The van der Waals surface area contributed by atoms with Gasteiger partial charge < -0.3 is 15.4 Å². The molecule has 2 fully saturated rings. The summed E-state index contributed by atoms with van der Waals surface area (Å²) in [7, 11) is 0. The third-order valence-electron chi connectivity index (χ3n) is 5.38. The molecule has 1 aliphatic heterocycles. The number of thiazole rings is 1. The largest absolute Gasteiger partial charge is 0.462 e. The molecule has 2 aromatic rings. The lowest BCUT2D eigenvalue weighted by Crippen LogP contribution is -2.46. The second-order valence-corrected chi connectivity index (χ2v) is 8.63. The summed E-state index contributed by atoms with van der Waals surface area (Å²) in [6.45, 7) is 3.18. The molecule has 4 amide bonds. The smallest absolute Gasteiger partial charge is 0.350 e. The first-order valence-electron chi connectivity index (χ1n) is 10.0. The molecule has 1 aliphatic carbocycles. The highest BCUT2D eigenvalue weighted by molar-refractivity contribution is 7.18. The van der Waals surface area contributed by atoms with Gasteiger partial charge in [-0.05, 0) is 32.6 Å². The van der Waals surface area contributed by atoms with E-state index in [1.54, 1.807) is 26.0 Å². The molecular weight excluding hydrogens is 420 g/mol. The van der Waals surface area contributed by atoms with Crippen molar-refractivity contribution in [2.75, 3.05) is 18.5 Å². The lowest BCUT2D eigenvalue weighted by Gasteiger charge is -2.20. The average Bonchev–Trinajstić information content (AvgIpc) is 3.49. The van der Waals surface area contributed by atoms with Crippen LogP contribution < -0.4 is 10.6 Å². The van der Waals surface area contributed by atoms with Crippen molar-refractivity contribution in [2.24, 2.45) is 5.92 Å². The van der Waals surface area contributed by atoms with Gasteiger partial charge in [-0.15, -0.1) is 0 Å². The van der Waals surface area contributed by atoms with Gasteiger partial charge in [-0.25, -0.2) is 14.6 Å². The molecule has 2 heterocycles. The number of carbonyl (C=O) groups is 4. The van der Waals surface area contributed by atoms with E-state index in [4.69, 9.17) is 4.74 Å². The van der Waals surface area contributed by atoms with Crippen LogP contribution in [-0.4, -0.2) is 52.4 Å². The van der Waals surface area contributed by atoms with E-state index in [0.717, 1.165) is 29.1 Å². The number of rotatable bonds is 7. The van der Waals surface area contributed by atoms with Gasteiger partial charge in [0.15, 0.2) is 5.13 Å². The van der Waals surface area contributed by atoms with Crippen molar-refractivity contribution in [1.82, 2.24) is 15.2 Å². The second kappa shape index (κ2) is 8.10. The van der Waals surface area contributed by atoms with E-state index < -0.39 is 35.9 Å². The van der Waals surface area contributed by atoms with Gasteiger partial charge in [-0.3, -0.25) is 14.5 Å². The van der Waals surface area contributed by atoms with Gasteiger partial charge in [0.1, 0.15) is 17.0 Å². The van der Waals surface area contributed by atoms with Crippen molar-refractivity contribution in [3.05, 3.63) is 35.2 Å². The van der Waals surface area contributed by atoms with Crippen LogP contribution in [0.25, 0.3) is 11.3 Å². The first-order chi connectivity index (χ1) is 14.8. The fraction of sp³-hybridized carbons (Fsp3) is 0.381. The summed E-state index contributed by atoms with van der Waals surface area (Å²) in [6, 6.07) is 8.50. The van der Waals surface area contributed by atoms with Gasteiger partial charge in [0.05, 0.1) is 12.3 Å². The molecule has 162 valence electrons. The zero-order valence-electron chi connectivity index (χ0n) is 17.1. The molecule has 4 rings (SSSR count). The molecule has 0 spiro atoms. The Morgan fingerprint density at radius 1 is 1.29 bits per heavy atom. The Morgan fingerprint density at radius 2 is 2.00 bits per heavy atom. The Labute approximate surface area is 182 Å². The Morgan fingerprint density at radius 3 is 2.65 bits per heavy atom. The van der Waals surface area contributed by atoms with Gasteiger partial charge in [0, 0.05) is 5.56 Å². The molecule has 1 unspecified atom stereocenters. The molecule has 1 saturated heterocycles. The maximum absolute atomic E-state index is 12.7. The van der Waals surface area contributed by atoms with Crippen LogP contribution in [0.5, 0.6) is 0 Å². The van der Waals surface area contributed by atoms with Crippen molar-refractivity contribution in [3.63, 3.8) is 0 Å². The van der Waals surface area contributed by atoms with E-state index in [2.05, 4.69) is 15.6 Å². The predicted molar refractivity (Wildman–Crippen MR) is 114 cm³/mol. The molecule has 1 atom stereocenters. The van der Waals surface area contributed by atoms with Crippen LogP contribution in [0.2, 0.25) is 0 Å². The summed E-state index contributed by atoms with van der Waals surface area (Å²) >= 11 is 0.983. The van der Waals surface area contributed by atoms with E-state index >= 15 is 0 Å². The predicted octanol–water partition coefficient (Wildman–Crippen LogP) is 2.65. The van der Waals surface area contributed by atoms with Crippen LogP contribution in [0.15, 0.2) is 30.3 Å². The Hall–Kier alpha value is -3.27. The number of carbonyl (C=O) groups excluding carboxylic acids is 4. The molecule has 1 aromatic heterocycles. The van der Waals surface area contributed by atoms with Crippen molar-refractivity contribution < 1.29 is 23.9 Å². The fourth-order valence-corrected chi connectivity index (χ4v) is 4.50. The van der Waals surface area contributed by atoms with Gasteiger partial charge in [-0.2, -0.15) is 0 Å². The van der Waals surface area contributed by atoms with Crippen molar-refractivity contribution >= 4 is 40.3 Å². The first kappa shape index (κ1) is 21.0. The third kappa shape index (κ3) is 4.02. The van der Waals surface area contributed by atoms with Gasteiger partial charge in [-0.1, -0.05) is 41.7 Å². The number of esters is 1. The maximum Gasteiger partial charge on any atom is 0.350 e. The summed E-state index contributed by atoms with van der Waals surface area (Å²) in [5.41, 5.74) is 0.156. The van der Waals surface area contributed by atoms with Crippen molar-refractivity contribution in [3.8, 4) is 11.3 Å². The summed E-state index contributed by atoms with van der Waals surface area (Å²) in [5.74, 6) is -1.40. The second-order valence-electron chi connectivity index (χ2n) is 7.63. The molecule has 31 heavy (non-hydrogen) atoms. The number of benzene rings is 1. The van der Waals surface area contributed by atoms with Gasteiger partial charge in [0.2, 0.25) is 5.91 Å². The lowest BCUT2D eigenvalue weighted by atomic mass is 9.96. The molecule has 2 N–H and O–H groups in total. The van der Waals surface area contributed by atoms with E-state index in [1.807, 2.05) is 18.2 Å². The normalized spacial score (nSPS) is 20.5. The zero-order valence-corrected chi connectivity index (χ0v) is 18.0. The average molecular weight is 442 g/mol. The number of amides is 4. The lowest BCUT2D eigenvalue weighted by molar-refractivity contribution is -0.134. The SMILES string of the molecule is CCOC(=O)c1sc(NC(=O)CN2C(=O)NC(C)(C3CC3)C2=O)nc1-c1ccccc1. The van der Waals surface area contributed by atoms with Crippen LogP contribution >= 0.6 is 11.3 Å². The molecule has 2 aliphatic rings. The van der Waals surface area contributed by atoms with Crippen molar-refractivity contribution in [1.29, 1.82) is 0 Å². The molecule has 0 radical (unpaired) electrons. The van der Waals surface area contributed by atoms with Crippen LogP contribution in [0.3, 0.4) is 0 Å². The quantitative estimate of drug-likeness (QED) is 0.503. The number of hydrogen-bond donors (Lipinski definition) is 2. The number of anilines is 1. The minimum atomic E-state index is -0.948. The fourth-order valence-electron chi connectivity index (χ4n) is 3.60. The minimum Gasteiger partial charge on any atom is -0.462 e. The highest BCUT2D eigenvalue weighted by Crippen LogP contribution is 2.42. The van der Waals surface area contributed by atoms with E-state index in [-0.39, 0.29) is 22.5 Å².